The predicted molar refractivity (Wildman–Crippen MR) is 90.7 cm³/mol. The van der Waals surface area contributed by atoms with Gasteiger partial charge in [0.2, 0.25) is 5.91 Å². The van der Waals surface area contributed by atoms with Crippen molar-refractivity contribution >= 4 is 22.4 Å². The van der Waals surface area contributed by atoms with Gasteiger partial charge in [0.15, 0.2) is 5.13 Å². The Balaban J connectivity index is 2.61. The molecule has 0 unspecified atom stereocenters. The second-order valence-electron chi connectivity index (χ2n) is 5.56. The lowest BCUT2D eigenvalue weighted by Crippen LogP contribution is -2.34. The summed E-state index contributed by atoms with van der Waals surface area (Å²) < 4.78 is 0. The molecular weight excluding hydrogens is 312 g/mol. The number of amides is 1. The van der Waals surface area contributed by atoms with Gasteiger partial charge in [0.05, 0.1) is 10.6 Å². The molecule has 7 heteroatoms. The van der Waals surface area contributed by atoms with Crippen LogP contribution in [0.25, 0.3) is 10.4 Å². The minimum atomic E-state index is -0.399. The topological polar surface area (TPSA) is 89.8 Å². The molecule has 1 amide bonds. The normalized spacial score (nSPS) is 10.7. The molecule has 0 spiro atoms. The maximum atomic E-state index is 11.9. The summed E-state index contributed by atoms with van der Waals surface area (Å²) in [5.41, 5.74) is 1.85. The first kappa shape index (κ1) is 16.9. The van der Waals surface area contributed by atoms with Crippen LogP contribution in [0.2, 0.25) is 0 Å². The number of hydrogen-bond donors (Lipinski definition) is 1. The average Bonchev–Trinajstić information content (AvgIpc) is 2.79. The summed E-state index contributed by atoms with van der Waals surface area (Å²) in [6.45, 7) is 9.00. The first-order valence-corrected chi connectivity index (χ1v) is 7.99. The maximum Gasteiger partial charge on any atom is 0.266 e. The SMILES string of the molecule is CC(=O)N(c1nc(C)c(-c2cc(C#N)c(=O)[nH]c2C)s1)C(C)C. The van der Waals surface area contributed by atoms with Crippen LogP contribution in [0, 0.1) is 25.2 Å². The number of carbonyl (C=O) groups is 1. The van der Waals surface area contributed by atoms with E-state index in [4.69, 9.17) is 5.26 Å². The van der Waals surface area contributed by atoms with Crippen LogP contribution >= 0.6 is 11.3 Å². The van der Waals surface area contributed by atoms with Gasteiger partial charge in [-0.1, -0.05) is 11.3 Å². The zero-order valence-corrected chi connectivity index (χ0v) is 14.5. The number of aryl methyl sites for hydroxylation is 2. The van der Waals surface area contributed by atoms with Gasteiger partial charge in [0.25, 0.3) is 5.56 Å². The fourth-order valence-corrected chi connectivity index (χ4v) is 3.71. The lowest BCUT2D eigenvalue weighted by molar-refractivity contribution is -0.116. The number of H-pyrrole nitrogens is 1. The Morgan fingerprint density at radius 2 is 2.09 bits per heavy atom. The molecule has 1 N–H and O–H groups in total. The number of anilines is 1. The molecule has 23 heavy (non-hydrogen) atoms. The molecule has 2 aromatic heterocycles. The molecular formula is C16H18N4O2S. The quantitative estimate of drug-likeness (QED) is 0.937. The summed E-state index contributed by atoms with van der Waals surface area (Å²) in [7, 11) is 0. The number of nitrogens with zero attached hydrogens (tertiary/aromatic N) is 3. The molecule has 0 saturated carbocycles. The zero-order valence-electron chi connectivity index (χ0n) is 13.7. The lowest BCUT2D eigenvalue weighted by atomic mass is 10.1. The third kappa shape index (κ3) is 3.17. The van der Waals surface area contributed by atoms with Crippen molar-refractivity contribution in [1.29, 1.82) is 5.26 Å². The van der Waals surface area contributed by atoms with Gasteiger partial charge >= 0.3 is 0 Å². The van der Waals surface area contributed by atoms with Crippen molar-refractivity contribution in [2.24, 2.45) is 0 Å². The molecule has 0 aliphatic carbocycles. The number of rotatable bonds is 3. The highest BCUT2D eigenvalue weighted by molar-refractivity contribution is 7.19. The second kappa shape index (κ2) is 6.34. The van der Waals surface area contributed by atoms with Gasteiger partial charge in [-0.25, -0.2) is 4.98 Å². The smallest absolute Gasteiger partial charge is 0.266 e. The predicted octanol–water partition coefficient (Wildman–Crippen LogP) is 2.75. The average molecular weight is 330 g/mol. The standard InChI is InChI=1S/C16H18N4O2S/c1-8(2)20(11(5)21)16-19-10(4)14(23-16)13-6-12(7-17)15(22)18-9(13)3/h6,8H,1-5H3,(H,18,22). The van der Waals surface area contributed by atoms with Gasteiger partial charge < -0.3 is 4.98 Å². The van der Waals surface area contributed by atoms with Crippen LogP contribution in [0.15, 0.2) is 10.9 Å². The zero-order chi connectivity index (χ0) is 17.3. The van der Waals surface area contributed by atoms with E-state index in [0.29, 0.717) is 10.8 Å². The Hall–Kier alpha value is -2.46. The Kier molecular flexibility index (Phi) is 4.66. The molecule has 2 heterocycles. The minimum absolute atomic E-state index is 0.00255. The Morgan fingerprint density at radius 3 is 2.61 bits per heavy atom. The molecule has 0 saturated heterocycles. The fraction of sp³-hybridized carbons (Fsp3) is 0.375. The third-order valence-corrected chi connectivity index (χ3v) is 4.64. The first-order valence-electron chi connectivity index (χ1n) is 7.17. The van der Waals surface area contributed by atoms with E-state index in [1.54, 1.807) is 17.9 Å². The van der Waals surface area contributed by atoms with Crippen LogP contribution in [-0.4, -0.2) is 21.9 Å². The van der Waals surface area contributed by atoms with Crippen LogP contribution in [-0.2, 0) is 4.79 Å². The Bertz CT molecular complexity index is 858. The summed E-state index contributed by atoms with van der Waals surface area (Å²) in [4.78, 5) is 33.2. The fourth-order valence-electron chi connectivity index (χ4n) is 2.40. The lowest BCUT2D eigenvalue weighted by Gasteiger charge is -2.21. The van der Waals surface area contributed by atoms with E-state index in [9.17, 15) is 9.59 Å². The van der Waals surface area contributed by atoms with Gasteiger partial charge in [0, 0.05) is 24.2 Å². The molecule has 0 aliphatic heterocycles. The van der Waals surface area contributed by atoms with Crippen LogP contribution in [0.4, 0.5) is 5.13 Å². The van der Waals surface area contributed by atoms with Gasteiger partial charge in [0.1, 0.15) is 11.6 Å². The van der Waals surface area contributed by atoms with Crippen molar-refractivity contribution in [2.75, 3.05) is 4.90 Å². The number of pyridine rings is 1. The number of aromatic nitrogens is 2. The highest BCUT2D eigenvalue weighted by Crippen LogP contribution is 2.36. The second-order valence-corrected chi connectivity index (χ2v) is 6.53. The van der Waals surface area contributed by atoms with Crippen LogP contribution in [0.5, 0.6) is 0 Å². The highest BCUT2D eigenvalue weighted by atomic mass is 32.1. The Labute approximate surface area is 138 Å². The van der Waals surface area contributed by atoms with Crippen molar-refractivity contribution in [3.05, 3.63) is 33.4 Å². The van der Waals surface area contributed by atoms with Crippen LogP contribution < -0.4 is 10.5 Å². The van der Waals surface area contributed by atoms with Crippen molar-refractivity contribution in [3.8, 4) is 16.5 Å². The minimum Gasteiger partial charge on any atom is -0.325 e. The molecule has 0 radical (unpaired) electrons. The van der Waals surface area contributed by atoms with E-state index < -0.39 is 5.56 Å². The molecule has 2 rings (SSSR count). The van der Waals surface area contributed by atoms with E-state index in [0.717, 1.165) is 16.1 Å². The van der Waals surface area contributed by atoms with Gasteiger partial charge in [-0.05, 0) is 33.8 Å². The molecule has 0 fully saturated rings. The molecule has 6 nitrogen and oxygen atoms in total. The summed E-state index contributed by atoms with van der Waals surface area (Å²) in [5.74, 6) is -0.0730. The number of nitrogens with one attached hydrogen (secondary N) is 1. The number of hydrogen-bond acceptors (Lipinski definition) is 5. The Morgan fingerprint density at radius 1 is 1.43 bits per heavy atom. The van der Waals surface area contributed by atoms with Crippen molar-refractivity contribution in [1.82, 2.24) is 9.97 Å². The summed E-state index contributed by atoms with van der Waals surface area (Å²) in [6.07, 6.45) is 0. The monoisotopic (exact) mass is 330 g/mol. The van der Waals surface area contributed by atoms with Crippen molar-refractivity contribution < 1.29 is 4.79 Å². The van der Waals surface area contributed by atoms with E-state index >= 15 is 0 Å². The third-order valence-electron chi connectivity index (χ3n) is 3.45. The summed E-state index contributed by atoms with van der Waals surface area (Å²) in [6, 6.07) is 3.47. The number of thiazole rings is 1. The van der Waals surface area contributed by atoms with Gasteiger partial charge in [-0.15, -0.1) is 0 Å². The molecule has 0 atom stereocenters. The molecule has 0 aromatic carbocycles. The number of aromatic amines is 1. The maximum absolute atomic E-state index is 11.9. The van der Waals surface area contributed by atoms with Crippen molar-refractivity contribution in [3.63, 3.8) is 0 Å². The molecule has 2 aromatic rings. The summed E-state index contributed by atoms with van der Waals surface area (Å²) in [5, 5.41) is 9.67. The van der Waals surface area contributed by atoms with Crippen LogP contribution in [0.3, 0.4) is 0 Å². The number of nitriles is 1. The van der Waals surface area contributed by atoms with Crippen molar-refractivity contribution in [2.45, 2.75) is 40.7 Å². The first-order chi connectivity index (χ1) is 10.8. The molecule has 120 valence electrons. The van der Waals surface area contributed by atoms with E-state index in [1.165, 1.54) is 18.3 Å². The van der Waals surface area contributed by atoms with E-state index in [1.807, 2.05) is 26.8 Å². The molecule has 0 aliphatic rings. The highest BCUT2D eigenvalue weighted by Gasteiger charge is 2.22. The largest absolute Gasteiger partial charge is 0.325 e. The molecule has 0 bridgehead atoms. The van der Waals surface area contributed by atoms with Gasteiger partial charge in [-0.3, -0.25) is 14.5 Å². The van der Waals surface area contributed by atoms with Crippen LogP contribution in [0.1, 0.15) is 37.7 Å². The van der Waals surface area contributed by atoms with Gasteiger partial charge in [-0.2, -0.15) is 5.26 Å². The summed E-state index contributed by atoms with van der Waals surface area (Å²) >= 11 is 1.38. The number of carbonyl (C=O) groups excluding carboxylic acids is 1. The van der Waals surface area contributed by atoms with E-state index in [2.05, 4.69) is 9.97 Å². The van der Waals surface area contributed by atoms with E-state index in [-0.39, 0.29) is 17.5 Å².